The Kier molecular flexibility index (Phi) is 8.70. The fourth-order valence-electron chi connectivity index (χ4n) is 9.34. The Morgan fingerprint density at radius 3 is 1.38 bits per heavy atom. The van der Waals surface area contributed by atoms with E-state index in [-0.39, 0.29) is 0 Å². The van der Waals surface area contributed by atoms with E-state index in [4.69, 9.17) is 0 Å². The molecule has 11 rings (SSSR count). The van der Waals surface area contributed by atoms with Crippen LogP contribution in [0.25, 0.3) is 65.9 Å². The average molecular weight is 773 g/mol. The molecule has 4 nitrogen and oxygen atoms in total. The number of allylic oxidation sites excluding steroid dienone is 4. The van der Waals surface area contributed by atoms with Crippen LogP contribution in [0.3, 0.4) is 0 Å². The topological polar surface area (TPSA) is 16.3 Å². The SMILES string of the molecule is Cn1c2ccccc2c2ccc(N(C3=CC=CCC3)c3ccc(-c4cccc(-c5ccc(N(c6ccccc6)c6ccc7c8ccccc8n(C)c7c6)cc5)c4)cc3)cc21. The van der Waals surface area contributed by atoms with Gasteiger partial charge in [0.15, 0.2) is 0 Å². The van der Waals surface area contributed by atoms with Gasteiger partial charge in [-0.15, -0.1) is 0 Å². The maximum atomic E-state index is 2.43. The molecule has 0 N–H and O–H groups in total. The van der Waals surface area contributed by atoms with Gasteiger partial charge in [-0.2, -0.15) is 0 Å². The molecule has 0 atom stereocenters. The Balaban J connectivity index is 0.906. The summed E-state index contributed by atoms with van der Waals surface area (Å²) in [5.41, 5.74) is 16.7. The predicted molar refractivity (Wildman–Crippen MR) is 255 cm³/mol. The van der Waals surface area contributed by atoms with Crippen LogP contribution < -0.4 is 9.80 Å². The van der Waals surface area contributed by atoms with E-state index in [0.717, 1.165) is 35.6 Å². The molecule has 0 bridgehead atoms. The van der Waals surface area contributed by atoms with Gasteiger partial charge in [-0.1, -0.05) is 121 Å². The van der Waals surface area contributed by atoms with Gasteiger partial charge in [0.05, 0.1) is 11.0 Å². The number of benzene rings is 8. The zero-order chi connectivity index (χ0) is 40.2. The van der Waals surface area contributed by atoms with Crippen molar-refractivity contribution in [1.82, 2.24) is 9.13 Å². The third kappa shape index (κ3) is 6.08. The van der Waals surface area contributed by atoms with Crippen molar-refractivity contribution < 1.29 is 0 Å². The van der Waals surface area contributed by atoms with E-state index in [2.05, 4.69) is 239 Å². The van der Waals surface area contributed by atoms with Gasteiger partial charge in [0.1, 0.15) is 0 Å². The number of rotatable bonds is 8. The summed E-state index contributed by atoms with van der Waals surface area (Å²) in [4.78, 5) is 4.78. The Labute approximate surface area is 350 Å². The highest BCUT2D eigenvalue weighted by Gasteiger charge is 2.19. The summed E-state index contributed by atoms with van der Waals surface area (Å²) >= 11 is 0. The summed E-state index contributed by atoms with van der Waals surface area (Å²) in [6.07, 6.45) is 8.74. The van der Waals surface area contributed by atoms with Gasteiger partial charge >= 0.3 is 0 Å². The van der Waals surface area contributed by atoms with Crippen LogP contribution in [-0.4, -0.2) is 9.13 Å². The highest BCUT2D eigenvalue weighted by molar-refractivity contribution is 6.10. The molecule has 1 aliphatic rings. The van der Waals surface area contributed by atoms with Crippen LogP contribution in [-0.2, 0) is 14.1 Å². The number of anilines is 5. The van der Waals surface area contributed by atoms with Gasteiger partial charge in [-0.25, -0.2) is 0 Å². The first-order chi connectivity index (χ1) is 29.6. The van der Waals surface area contributed by atoms with E-state index in [9.17, 15) is 0 Å². The number of fused-ring (bicyclic) bond motifs is 6. The van der Waals surface area contributed by atoms with Crippen molar-refractivity contribution in [2.45, 2.75) is 12.8 Å². The van der Waals surface area contributed by atoms with Gasteiger partial charge in [-0.05, 0) is 120 Å². The molecular formula is C56H44N4. The van der Waals surface area contributed by atoms with Crippen molar-refractivity contribution in [1.29, 1.82) is 0 Å². The number of aromatic nitrogens is 2. The second-order valence-electron chi connectivity index (χ2n) is 15.9. The molecule has 8 aromatic carbocycles. The summed E-state index contributed by atoms with van der Waals surface area (Å²) in [6.45, 7) is 0. The minimum Gasteiger partial charge on any atom is -0.344 e. The number of hydrogen-bond acceptors (Lipinski definition) is 2. The van der Waals surface area contributed by atoms with E-state index in [1.807, 2.05) is 0 Å². The van der Waals surface area contributed by atoms with Crippen molar-refractivity contribution >= 4 is 72.0 Å². The molecule has 1 aliphatic carbocycles. The minimum atomic E-state index is 0.995. The summed E-state index contributed by atoms with van der Waals surface area (Å²) in [6, 6.07) is 68.7. The molecule has 0 aliphatic heterocycles. The van der Waals surface area contributed by atoms with Gasteiger partial charge in [0.25, 0.3) is 0 Å². The van der Waals surface area contributed by atoms with Crippen LogP contribution in [0.2, 0.25) is 0 Å². The lowest BCUT2D eigenvalue weighted by atomic mass is 9.98. The predicted octanol–water partition coefficient (Wildman–Crippen LogP) is 15.2. The summed E-state index contributed by atoms with van der Waals surface area (Å²) in [5, 5.41) is 5.12. The van der Waals surface area contributed by atoms with E-state index < -0.39 is 0 Å². The first kappa shape index (κ1) is 35.6. The van der Waals surface area contributed by atoms with Crippen molar-refractivity contribution in [2.24, 2.45) is 14.1 Å². The Bertz CT molecular complexity index is 3270. The zero-order valence-corrected chi connectivity index (χ0v) is 33.8. The van der Waals surface area contributed by atoms with Crippen molar-refractivity contribution in [3.8, 4) is 22.3 Å². The van der Waals surface area contributed by atoms with Crippen LogP contribution in [0.4, 0.5) is 28.4 Å². The molecule has 0 saturated carbocycles. The fourth-order valence-corrected chi connectivity index (χ4v) is 9.34. The van der Waals surface area contributed by atoms with Crippen molar-refractivity contribution in [3.63, 3.8) is 0 Å². The van der Waals surface area contributed by atoms with E-state index in [1.54, 1.807) is 0 Å². The lowest BCUT2D eigenvalue weighted by molar-refractivity contribution is 0.917. The van der Waals surface area contributed by atoms with Gasteiger partial charge in [0, 0.05) is 80.8 Å². The maximum absolute atomic E-state index is 2.43. The van der Waals surface area contributed by atoms with Gasteiger partial charge in [0.2, 0.25) is 0 Å². The van der Waals surface area contributed by atoms with Crippen LogP contribution >= 0.6 is 0 Å². The number of nitrogens with zero attached hydrogens (tertiary/aromatic N) is 4. The largest absolute Gasteiger partial charge is 0.344 e. The zero-order valence-electron chi connectivity index (χ0n) is 33.8. The van der Waals surface area contributed by atoms with Gasteiger partial charge < -0.3 is 18.9 Å². The maximum Gasteiger partial charge on any atom is 0.0509 e. The van der Waals surface area contributed by atoms with E-state index in [0.29, 0.717) is 0 Å². The molecule has 0 amide bonds. The fraction of sp³-hybridized carbons (Fsp3) is 0.0714. The Morgan fingerprint density at radius 2 is 0.833 bits per heavy atom. The molecule has 0 saturated heterocycles. The molecule has 4 heteroatoms. The molecule has 2 aromatic heterocycles. The van der Waals surface area contributed by atoms with Crippen LogP contribution in [0.15, 0.2) is 212 Å². The number of para-hydroxylation sites is 3. The third-order valence-corrected chi connectivity index (χ3v) is 12.4. The monoisotopic (exact) mass is 772 g/mol. The van der Waals surface area contributed by atoms with E-state index in [1.165, 1.54) is 77.2 Å². The number of aryl methyl sites for hydroxylation is 2. The summed E-state index contributed by atoms with van der Waals surface area (Å²) in [7, 11) is 4.33. The molecule has 0 radical (unpaired) electrons. The summed E-state index contributed by atoms with van der Waals surface area (Å²) in [5.74, 6) is 0. The smallest absolute Gasteiger partial charge is 0.0509 e. The molecule has 288 valence electrons. The normalized spacial score (nSPS) is 12.7. The second kappa shape index (κ2) is 14.7. The quantitative estimate of drug-likeness (QED) is 0.153. The average Bonchev–Trinajstić information content (AvgIpc) is 3.77. The second-order valence-corrected chi connectivity index (χ2v) is 15.9. The van der Waals surface area contributed by atoms with Crippen LogP contribution in [0.5, 0.6) is 0 Å². The molecule has 10 aromatic rings. The lowest BCUT2D eigenvalue weighted by Crippen LogP contribution is -2.17. The molecule has 60 heavy (non-hydrogen) atoms. The third-order valence-electron chi connectivity index (χ3n) is 12.4. The standard InChI is InChI=1S/C56H44N4/c1-57-53-22-11-9-20-49(53)51-34-32-47(37-55(51)57)59(43-16-5-3-6-17-43)45-28-24-39(25-29-45)41-14-13-15-42(36-41)40-26-30-46(31-27-40)60(44-18-7-4-8-19-44)48-33-35-52-50-21-10-12-23-54(50)58(2)56(52)38-48/h3-7,9-18,20-38H,8,19H2,1-2H3. The van der Waals surface area contributed by atoms with Crippen LogP contribution in [0.1, 0.15) is 12.8 Å². The van der Waals surface area contributed by atoms with Gasteiger partial charge in [-0.3, -0.25) is 0 Å². The Hall–Kier alpha value is -7.56. The lowest BCUT2D eigenvalue weighted by Gasteiger charge is -2.29. The van der Waals surface area contributed by atoms with Crippen LogP contribution in [0, 0.1) is 0 Å². The number of hydrogen-bond donors (Lipinski definition) is 0. The van der Waals surface area contributed by atoms with E-state index >= 15 is 0 Å². The van der Waals surface area contributed by atoms with Crippen molar-refractivity contribution in [3.05, 3.63) is 212 Å². The molecule has 0 unspecified atom stereocenters. The minimum absolute atomic E-state index is 0.995. The first-order valence-corrected chi connectivity index (χ1v) is 20.9. The molecule has 0 fully saturated rings. The summed E-state index contributed by atoms with van der Waals surface area (Å²) < 4.78 is 4.62. The Morgan fingerprint density at radius 1 is 0.367 bits per heavy atom. The highest BCUT2D eigenvalue weighted by atomic mass is 15.2. The molecular weight excluding hydrogens is 729 g/mol. The molecule has 2 heterocycles. The highest BCUT2D eigenvalue weighted by Crippen LogP contribution is 2.41. The first-order valence-electron chi connectivity index (χ1n) is 20.9. The van der Waals surface area contributed by atoms with Crippen molar-refractivity contribution in [2.75, 3.05) is 9.80 Å². The molecule has 0 spiro atoms.